The van der Waals surface area contributed by atoms with Gasteiger partial charge in [-0.25, -0.2) is 4.98 Å². The van der Waals surface area contributed by atoms with Crippen molar-refractivity contribution in [1.29, 1.82) is 5.26 Å². The van der Waals surface area contributed by atoms with E-state index in [-0.39, 0.29) is 11.4 Å². The third-order valence-corrected chi connectivity index (χ3v) is 3.68. The Bertz CT molecular complexity index is 963. The van der Waals surface area contributed by atoms with Crippen LogP contribution in [0, 0.1) is 18.3 Å². The number of aryl methyl sites for hydroxylation is 1. The molecule has 0 aliphatic carbocycles. The van der Waals surface area contributed by atoms with Crippen molar-refractivity contribution in [1.82, 2.24) is 4.98 Å². The molecular weight excluding hydrogens is 298 g/mol. The average molecular weight is 311 g/mol. The molecule has 0 spiro atoms. The van der Waals surface area contributed by atoms with E-state index in [4.69, 9.17) is 5.53 Å². The molecule has 3 aromatic rings. The molecule has 0 N–H and O–H groups in total. The Kier molecular flexibility index (Phi) is 4.24. The van der Waals surface area contributed by atoms with Crippen molar-refractivity contribution in [3.8, 4) is 28.5 Å². The van der Waals surface area contributed by atoms with E-state index in [9.17, 15) is 5.26 Å². The number of pyridine rings is 1. The normalized spacial score (nSPS) is 9.83. The number of nitrogens with zero attached hydrogens (tertiary/aromatic N) is 5. The Morgan fingerprint density at radius 3 is 2.38 bits per heavy atom. The lowest BCUT2D eigenvalue weighted by Crippen LogP contribution is -1.92. The van der Waals surface area contributed by atoms with Crippen molar-refractivity contribution < 1.29 is 0 Å². The Morgan fingerprint density at radius 2 is 1.75 bits per heavy atom. The first kappa shape index (κ1) is 15.3. The van der Waals surface area contributed by atoms with Gasteiger partial charge in [0.2, 0.25) is 0 Å². The van der Waals surface area contributed by atoms with E-state index < -0.39 is 0 Å². The maximum absolute atomic E-state index is 9.53. The first-order valence-corrected chi connectivity index (χ1v) is 7.35. The minimum atomic E-state index is 0.0944. The molecule has 0 aliphatic heterocycles. The van der Waals surface area contributed by atoms with Crippen LogP contribution < -0.4 is 0 Å². The summed E-state index contributed by atoms with van der Waals surface area (Å²) in [6, 6.07) is 21.4. The van der Waals surface area contributed by atoms with Gasteiger partial charge in [0.25, 0.3) is 0 Å². The van der Waals surface area contributed by atoms with Gasteiger partial charge >= 0.3 is 0 Å². The fourth-order valence-corrected chi connectivity index (χ4v) is 2.47. The van der Waals surface area contributed by atoms with Crippen LogP contribution in [-0.2, 0) is 0 Å². The fraction of sp³-hybridized carbons (Fsp3) is 0.0526. The molecule has 0 unspecified atom stereocenters. The van der Waals surface area contributed by atoms with Gasteiger partial charge in [-0.05, 0) is 29.2 Å². The van der Waals surface area contributed by atoms with Gasteiger partial charge in [0, 0.05) is 16.0 Å². The van der Waals surface area contributed by atoms with Gasteiger partial charge in [-0.1, -0.05) is 60.2 Å². The number of rotatable bonds is 3. The molecule has 0 fully saturated rings. The van der Waals surface area contributed by atoms with Gasteiger partial charge in [-0.3, -0.25) is 0 Å². The van der Waals surface area contributed by atoms with Crippen LogP contribution in [0.3, 0.4) is 0 Å². The van der Waals surface area contributed by atoms with Gasteiger partial charge in [-0.2, -0.15) is 5.26 Å². The molecule has 0 bridgehead atoms. The minimum absolute atomic E-state index is 0.0944. The fourth-order valence-electron chi connectivity index (χ4n) is 2.47. The molecule has 24 heavy (non-hydrogen) atoms. The molecule has 5 heteroatoms. The molecular formula is C19H13N5. The van der Waals surface area contributed by atoms with Crippen molar-refractivity contribution in [3.05, 3.63) is 82.2 Å². The van der Waals surface area contributed by atoms with Crippen LogP contribution >= 0.6 is 0 Å². The van der Waals surface area contributed by atoms with Gasteiger partial charge in [0.05, 0.1) is 11.3 Å². The van der Waals surface area contributed by atoms with Gasteiger partial charge in [-0.15, -0.1) is 0 Å². The lowest BCUT2D eigenvalue weighted by Gasteiger charge is -2.10. The zero-order valence-electron chi connectivity index (χ0n) is 13.0. The number of azide groups is 1. The van der Waals surface area contributed by atoms with E-state index in [0.717, 1.165) is 16.7 Å². The molecule has 2 aromatic carbocycles. The molecule has 0 atom stereocenters. The molecule has 114 valence electrons. The van der Waals surface area contributed by atoms with Gasteiger partial charge in [0.1, 0.15) is 11.9 Å². The monoisotopic (exact) mass is 311 g/mol. The first-order chi connectivity index (χ1) is 11.7. The highest BCUT2D eigenvalue weighted by atomic mass is 15.2. The molecule has 1 heterocycles. The van der Waals surface area contributed by atoms with Crippen molar-refractivity contribution in [3.63, 3.8) is 0 Å². The Labute approximate surface area is 139 Å². The van der Waals surface area contributed by atoms with E-state index in [1.807, 2.05) is 67.6 Å². The number of hydrogen-bond acceptors (Lipinski definition) is 3. The van der Waals surface area contributed by atoms with Crippen LogP contribution in [0.1, 0.15) is 11.1 Å². The number of aromatic nitrogens is 1. The molecule has 0 saturated carbocycles. The summed E-state index contributed by atoms with van der Waals surface area (Å²) in [6.07, 6.45) is 0. The Morgan fingerprint density at radius 1 is 1.04 bits per heavy atom. The number of benzene rings is 2. The molecule has 0 saturated heterocycles. The summed E-state index contributed by atoms with van der Waals surface area (Å²) in [7, 11) is 0. The molecule has 0 aliphatic rings. The number of hydrogen-bond donors (Lipinski definition) is 0. The molecule has 5 nitrogen and oxygen atoms in total. The smallest absolute Gasteiger partial charge is 0.145 e. The quantitative estimate of drug-likeness (QED) is 0.361. The minimum Gasteiger partial charge on any atom is -0.245 e. The van der Waals surface area contributed by atoms with E-state index in [2.05, 4.69) is 21.1 Å². The van der Waals surface area contributed by atoms with E-state index in [1.165, 1.54) is 0 Å². The highest BCUT2D eigenvalue weighted by Gasteiger charge is 2.14. The SMILES string of the molecule is Cc1ccc(-c2cc(-c3ccccc3)nc(N=[N+]=[N-])c2C#N)cc1. The molecule has 0 radical (unpaired) electrons. The summed E-state index contributed by atoms with van der Waals surface area (Å²) in [4.78, 5) is 7.17. The van der Waals surface area contributed by atoms with E-state index in [1.54, 1.807) is 0 Å². The summed E-state index contributed by atoms with van der Waals surface area (Å²) in [5.41, 5.74) is 13.3. The summed E-state index contributed by atoms with van der Waals surface area (Å²) in [5.74, 6) is 0.0944. The van der Waals surface area contributed by atoms with Crippen LogP contribution in [0.2, 0.25) is 0 Å². The second-order valence-electron chi connectivity index (χ2n) is 5.29. The lowest BCUT2D eigenvalue weighted by molar-refractivity contribution is 1.24. The molecule has 3 rings (SSSR count). The van der Waals surface area contributed by atoms with E-state index >= 15 is 0 Å². The lowest BCUT2D eigenvalue weighted by atomic mass is 9.98. The second-order valence-corrected chi connectivity index (χ2v) is 5.29. The number of nitriles is 1. The zero-order chi connectivity index (χ0) is 16.9. The maximum atomic E-state index is 9.53. The summed E-state index contributed by atoms with van der Waals surface area (Å²) >= 11 is 0. The molecule has 0 amide bonds. The third-order valence-electron chi connectivity index (χ3n) is 3.68. The zero-order valence-corrected chi connectivity index (χ0v) is 13.0. The van der Waals surface area contributed by atoms with E-state index in [0.29, 0.717) is 11.3 Å². The van der Waals surface area contributed by atoms with Crippen molar-refractivity contribution in [2.45, 2.75) is 6.92 Å². The second kappa shape index (κ2) is 6.66. The van der Waals surface area contributed by atoms with Gasteiger partial charge < -0.3 is 0 Å². The maximum Gasteiger partial charge on any atom is 0.145 e. The van der Waals surface area contributed by atoms with Crippen molar-refractivity contribution >= 4 is 5.82 Å². The largest absolute Gasteiger partial charge is 0.245 e. The predicted octanol–water partition coefficient (Wildman–Crippen LogP) is 5.54. The Balaban J connectivity index is 2.30. The molecule has 1 aromatic heterocycles. The van der Waals surface area contributed by atoms with Crippen LogP contribution in [0.15, 0.2) is 65.8 Å². The summed E-state index contributed by atoms with van der Waals surface area (Å²) in [6.45, 7) is 2.00. The topological polar surface area (TPSA) is 85.4 Å². The highest BCUT2D eigenvalue weighted by Crippen LogP contribution is 2.33. The van der Waals surface area contributed by atoms with Crippen molar-refractivity contribution in [2.24, 2.45) is 5.11 Å². The Hall–Kier alpha value is -3.61. The average Bonchev–Trinajstić information content (AvgIpc) is 2.63. The highest BCUT2D eigenvalue weighted by molar-refractivity contribution is 5.80. The standard InChI is InChI=1S/C19H13N5/c1-13-7-9-14(10-8-13)16-11-18(15-5-3-2-4-6-15)22-19(23-24-21)17(16)12-20/h2-11H,1H3. The van der Waals surface area contributed by atoms with Crippen molar-refractivity contribution in [2.75, 3.05) is 0 Å². The predicted molar refractivity (Wildman–Crippen MR) is 93.4 cm³/mol. The van der Waals surface area contributed by atoms with Gasteiger partial charge in [0.15, 0.2) is 0 Å². The van der Waals surface area contributed by atoms with Crippen LogP contribution in [-0.4, -0.2) is 4.98 Å². The first-order valence-electron chi connectivity index (χ1n) is 7.35. The summed E-state index contributed by atoms with van der Waals surface area (Å²) in [5, 5.41) is 13.1. The van der Waals surface area contributed by atoms with Crippen LogP contribution in [0.25, 0.3) is 32.8 Å². The van der Waals surface area contributed by atoms with Crippen LogP contribution in [0.5, 0.6) is 0 Å². The third kappa shape index (κ3) is 2.95. The van der Waals surface area contributed by atoms with Crippen LogP contribution in [0.4, 0.5) is 5.82 Å². The summed E-state index contributed by atoms with van der Waals surface area (Å²) < 4.78 is 0.